The van der Waals surface area contributed by atoms with Crippen LogP contribution in [0.4, 0.5) is 0 Å². The molecule has 0 bridgehead atoms. The average Bonchev–Trinajstić information content (AvgIpc) is 2.30. The van der Waals surface area contributed by atoms with Crippen molar-refractivity contribution in [3.63, 3.8) is 0 Å². The maximum atomic E-state index is 10.6. The van der Waals surface area contributed by atoms with Crippen LogP contribution in [0.25, 0.3) is 0 Å². The summed E-state index contributed by atoms with van der Waals surface area (Å²) in [6.45, 7) is 2.96. The highest BCUT2D eigenvalue weighted by Gasteiger charge is 2.07. The van der Waals surface area contributed by atoms with Crippen molar-refractivity contribution in [2.24, 2.45) is 5.73 Å². The van der Waals surface area contributed by atoms with E-state index in [2.05, 4.69) is 40.3 Å². The van der Waals surface area contributed by atoms with Crippen LogP contribution in [-0.2, 0) is 4.79 Å². The highest BCUT2D eigenvalue weighted by Crippen LogP contribution is 2.19. The number of rotatable bonds is 7. The number of nitrogens with one attached hydrogen (secondary N) is 1. The lowest BCUT2D eigenvalue weighted by atomic mass is 10.0. The molecule has 0 aliphatic carbocycles. The Morgan fingerprint density at radius 3 is 2.59 bits per heavy atom. The van der Waals surface area contributed by atoms with Crippen molar-refractivity contribution in [1.82, 2.24) is 5.32 Å². The minimum absolute atomic E-state index is 0.233. The van der Waals surface area contributed by atoms with Gasteiger partial charge in [-0.3, -0.25) is 4.79 Å². The lowest BCUT2D eigenvalue weighted by Crippen LogP contribution is -2.23. The van der Waals surface area contributed by atoms with E-state index in [0.29, 0.717) is 12.5 Å². The van der Waals surface area contributed by atoms with Gasteiger partial charge < -0.3 is 11.1 Å². The number of hydrogen-bond acceptors (Lipinski definition) is 2. The molecule has 1 rings (SSSR count). The molecule has 0 aliphatic heterocycles. The summed E-state index contributed by atoms with van der Waals surface area (Å²) >= 11 is 3.42. The normalized spacial score (nSPS) is 12.4. The Morgan fingerprint density at radius 2 is 2.06 bits per heavy atom. The maximum Gasteiger partial charge on any atom is 0.217 e. The first-order valence-corrected chi connectivity index (χ1v) is 6.70. The van der Waals surface area contributed by atoms with E-state index in [1.807, 2.05) is 12.1 Å². The number of hydrogen-bond donors (Lipinski definition) is 2. The van der Waals surface area contributed by atoms with Gasteiger partial charge in [-0.15, -0.1) is 0 Å². The molecule has 1 atom stereocenters. The van der Waals surface area contributed by atoms with Crippen LogP contribution in [0.1, 0.15) is 37.8 Å². The summed E-state index contributed by atoms with van der Waals surface area (Å²) in [4.78, 5) is 10.6. The second-order valence-electron chi connectivity index (χ2n) is 4.04. The molecule has 0 aliphatic rings. The smallest absolute Gasteiger partial charge is 0.217 e. The number of amides is 1. The van der Waals surface area contributed by atoms with Crippen molar-refractivity contribution in [3.05, 3.63) is 34.3 Å². The zero-order valence-corrected chi connectivity index (χ0v) is 11.7. The van der Waals surface area contributed by atoms with Gasteiger partial charge in [-0.05, 0) is 37.1 Å². The predicted molar refractivity (Wildman–Crippen MR) is 73.6 cm³/mol. The van der Waals surface area contributed by atoms with Gasteiger partial charge >= 0.3 is 0 Å². The van der Waals surface area contributed by atoms with Crippen molar-refractivity contribution in [1.29, 1.82) is 0 Å². The minimum Gasteiger partial charge on any atom is -0.370 e. The molecule has 0 saturated heterocycles. The lowest BCUT2D eigenvalue weighted by molar-refractivity contribution is -0.118. The molecule has 0 spiro atoms. The molecule has 1 unspecified atom stereocenters. The van der Waals surface area contributed by atoms with Crippen molar-refractivity contribution in [2.45, 2.75) is 32.2 Å². The monoisotopic (exact) mass is 298 g/mol. The SMILES string of the molecule is CCC(NCCCC(N)=O)c1ccc(Br)cc1. The van der Waals surface area contributed by atoms with Crippen LogP contribution in [0.3, 0.4) is 0 Å². The molecule has 0 fully saturated rings. The summed E-state index contributed by atoms with van der Waals surface area (Å²) in [5.74, 6) is -0.233. The third kappa shape index (κ3) is 5.33. The van der Waals surface area contributed by atoms with Crippen LogP contribution in [0.15, 0.2) is 28.7 Å². The molecule has 17 heavy (non-hydrogen) atoms. The highest BCUT2D eigenvalue weighted by molar-refractivity contribution is 9.10. The number of primary amides is 1. The molecule has 0 aromatic heterocycles. The molecular formula is C13H19BrN2O. The third-order valence-corrected chi connectivity index (χ3v) is 3.20. The minimum atomic E-state index is -0.233. The zero-order valence-electron chi connectivity index (χ0n) is 10.1. The van der Waals surface area contributed by atoms with Gasteiger partial charge in [0.15, 0.2) is 0 Å². The van der Waals surface area contributed by atoms with Gasteiger partial charge in [0.2, 0.25) is 5.91 Å². The van der Waals surface area contributed by atoms with Crippen molar-refractivity contribution >= 4 is 21.8 Å². The van der Waals surface area contributed by atoms with Crippen LogP contribution < -0.4 is 11.1 Å². The molecule has 4 heteroatoms. The first-order valence-electron chi connectivity index (χ1n) is 5.90. The summed E-state index contributed by atoms with van der Waals surface area (Å²) in [6, 6.07) is 8.65. The highest BCUT2D eigenvalue weighted by atomic mass is 79.9. The first-order chi connectivity index (χ1) is 8.13. The van der Waals surface area contributed by atoms with Crippen LogP contribution in [0.2, 0.25) is 0 Å². The molecule has 0 saturated carbocycles. The molecule has 3 N–H and O–H groups in total. The second kappa shape index (κ2) is 7.45. The molecule has 1 amide bonds. The van der Waals surface area contributed by atoms with E-state index in [0.717, 1.165) is 23.9 Å². The Balaban J connectivity index is 2.43. The summed E-state index contributed by atoms with van der Waals surface area (Å²) in [5, 5.41) is 3.44. The van der Waals surface area contributed by atoms with Gasteiger partial charge in [0.05, 0.1) is 0 Å². The fourth-order valence-electron chi connectivity index (χ4n) is 1.73. The summed E-state index contributed by atoms with van der Waals surface area (Å²) in [7, 11) is 0. The van der Waals surface area contributed by atoms with Gasteiger partial charge in [0.25, 0.3) is 0 Å². The first kappa shape index (κ1) is 14.2. The van der Waals surface area contributed by atoms with Crippen molar-refractivity contribution in [2.75, 3.05) is 6.54 Å². The lowest BCUT2D eigenvalue weighted by Gasteiger charge is -2.17. The van der Waals surface area contributed by atoms with Crippen molar-refractivity contribution in [3.8, 4) is 0 Å². The Kier molecular flexibility index (Phi) is 6.22. The van der Waals surface area contributed by atoms with E-state index in [9.17, 15) is 4.79 Å². The molecule has 0 radical (unpaired) electrons. The molecule has 94 valence electrons. The average molecular weight is 299 g/mol. The quantitative estimate of drug-likeness (QED) is 0.761. The van der Waals surface area contributed by atoms with E-state index in [-0.39, 0.29) is 5.91 Å². The summed E-state index contributed by atoms with van der Waals surface area (Å²) in [6.07, 6.45) is 2.27. The van der Waals surface area contributed by atoms with Crippen LogP contribution >= 0.6 is 15.9 Å². The Morgan fingerprint density at radius 1 is 1.41 bits per heavy atom. The van der Waals surface area contributed by atoms with Crippen molar-refractivity contribution < 1.29 is 4.79 Å². The number of halogens is 1. The fourth-order valence-corrected chi connectivity index (χ4v) is 2.00. The van der Waals surface area contributed by atoms with E-state index < -0.39 is 0 Å². The van der Waals surface area contributed by atoms with Gasteiger partial charge in [0.1, 0.15) is 0 Å². The topological polar surface area (TPSA) is 55.1 Å². The molecule has 1 aromatic carbocycles. The van der Waals surface area contributed by atoms with Crippen LogP contribution in [-0.4, -0.2) is 12.5 Å². The van der Waals surface area contributed by atoms with E-state index >= 15 is 0 Å². The number of benzene rings is 1. The van der Waals surface area contributed by atoms with E-state index in [4.69, 9.17) is 5.73 Å². The number of carbonyl (C=O) groups excluding carboxylic acids is 1. The molecular weight excluding hydrogens is 280 g/mol. The second-order valence-corrected chi connectivity index (χ2v) is 4.95. The predicted octanol–water partition coefficient (Wildman–Crippen LogP) is 2.76. The maximum absolute atomic E-state index is 10.6. The molecule has 0 heterocycles. The zero-order chi connectivity index (χ0) is 12.7. The molecule has 3 nitrogen and oxygen atoms in total. The van der Waals surface area contributed by atoms with E-state index in [1.54, 1.807) is 0 Å². The Bertz CT molecular complexity index is 351. The fraction of sp³-hybridized carbons (Fsp3) is 0.462. The van der Waals surface area contributed by atoms with Gasteiger partial charge in [-0.2, -0.15) is 0 Å². The largest absolute Gasteiger partial charge is 0.370 e. The van der Waals surface area contributed by atoms with Gasteiger partial charge in [-0.25, -0.2) is 0 Å². The molecule has 1 aromatic rings. The summed E-state index contributed by atoms with van der Waals surface area (Å²) in [5.41, 5.74) is 6.37. The van der Waals surface area contributed by atoms with E-state index in [1.165, 1.54) is 5.56 Å². The van der Waals surface area contributed by atoms with Crippen LogP contribution in [0.5, 0.6) is 0 Å². The number of nitrogens with two attached hydrogens (primary N) is 1. The third-order valence-electron chi connectivity index (χ3n) is 2.67. The Hall–Kier alpha value is -0.870. The van der Waals surface area contributed by atoms with Crippen LogP contribution in [0, 0.1) is 0 Å². The standard InChI is InChI=1S/C13H19BrN2O/c1-2-12(16-9-3-4-13(15)17)10-5-7-11(14)8-6-10/h5-8,12,16H,2-4,9H2,1H3,(H2,15,17). The number of carbonyl (C=O) groups is 1. The summed E-state index contributed by atoms with van der Waals surface area (Å²) < 4.78 is 1.09. The van der Waals surface area contributed by atoms with Gasteiger partial charge in [-0.1, -0.05) is 35.0 Å². The van der Waals surface area contributed by atoms with Gasteiger partial charge in [0, 0.05) is 16.9 Å². The Labute approximate surface area is 111 Å².